The van der Waals surface area contributed by atoms with E-state index in [1.54, 1.807) is 24.3 Å². The Morgan fingerprint density at radius 1 is 0.800 bits per heavy atom. The first-order valence-electron chi connectivity index (χ1n) is 4.39. The van der Waals surface area contributed by atoms with E-state index in [1.807, 2.05) is 6.07 Å². The molecule has 2 rings (SSSR count). The van der Waals surface area contributed by atoms with Crippen molar-refractivity contribution in [1.82, 2.24) is 0 Å². The number of hydrogen-bond acceptors (Lipinski definition) is 0. The fraction of sp³-hybridized carbons (Fsp3) is 0. The Hall–Kier alpha value is -1.22. The quantitative estimate of drug-likeness (QED) is 0.720. The predicted molar refractivity (Wildman–Crippen MR) is 59.5 cm³/mol. The standard InChI is InChI=1S/C12H7BrF2/c13-10-6-2-1-4-8(10)9-5-3-7-11(14)12(9)15/h1-7H. The lowest BCUT2D eigenvalue weighted by Gasteiger charge is -2.05. The summed E-state index contributed by atoms with van der Waals surface area (Å²) >= 11 is 3.30. The van der Waals surface area contributed by atoms with Crippen LogP contribution < -0.4 is 0 Å². The fourth-order valence-electron chi connectivity index (χ4n) is 1.39. The van der Waals surface area contributed by atoms with E-state index in [1.165, 1.54) is 6.07 Å². The van der Waals surface area contributed by atoms with Gasteiger partial charge in [0.25, 0.3) is 0 Å². The Kier molecular flexibility index (Phi) is 2.82. The molecule has 15 heavy (non-hydrogen) atoms. The summed E-state index contributed by atoms with van der Waals surface area (Å²) in [6.45, 7) is 0. The molecule has 0 spiro atoms. The molecule has 3 heteroatoms. The van der Waals surface area contributed by atoms with Gasteiger partial charge in [-0.05, 0) is 17.7 Å². The van der Waals surface area contributed by atoms with Gasteiger partial charge in [-0.3, -0.25) is 0 Å². The van der Waals surface area contributed by atoms with Gasteiger partial charge in [0.2, 0.25) is 0 Å². The van der Waals surface area contributed by atoms with Gasteiger partial charge < -0.3 is 0 Å². The summed E-state index contributed by atoms with van der Waals surface area (Å²) in [5.74, 6) is -1.65. The summed E-state index contributed by atoms with van der Waals surface area (Å²) in [5, 5.41) is 0. The van der Waals surface area contributed by atoms with Gasteiger partial charge in [0.1, 0.15) is 0 Å². The molecule has 76 valence electrons. The van der Waals surface area contributed by atoms with Crippen LogP contribution >= 0.6 is 15.9 Å². The van der Waals surface area contributed by atoms with Gasteiger partial charge in [0.15, 0.2) is 11.6 Å². The third-order valence-corrected chi connectivity index (χ3v) is 2.81. The Morgan fingerprint density at radius 3 is 2.20 bits per heavy atom. The third kappa shape index (κ3) is 1.92. The van der Waals surface area contributed by atoms with Crippen LogP contribution in [0.5, 0.6) is 0 Å². The highest BCUT2D eigenvalue weighted by molar-refractivity contribution is 9.10. The lowest BCUT2D eigenvalue weighted by Crippen LogP contribution is -1.89. The van der Waals surface area contributed by atoms with Gasteiger partial charge in [0, 0.05) is 10.0 Å². The second-order valence-electron chi connectivity index (χ2n) is 3.08. The normalized spacial score (nSPS) is 10.3. The van der Waals surface area contributed by atoms with E-state index in [2.05, 4.69) is 15.9 Å². The van der Waals surface area contributed by atoms with Gasteiger partial charge in [-0.15, -0.1) is 0 Å². The van der Waals surface area contributed by atoms with Gasteiger partial charge in [-0.2, -0.15) is 0 Å². The lowest BCUT2D eigenvalue weighted by atomic mass is 10.1. The molecule has 0 aliphatic heterocycles. The smallest absolute Gasteiger partial charge is 0.166 e. The maximum atomic E-state index is 13.5. The van der Waals surface area contributed by atoms with Crippen LogP contribution in [0.2, 0.25) is 0 Å². The maximum absolute atomic E-state index is 13.5. The molecule has 0 bridgehead atoms. The summed E-state index contributed by atoms with van der Waals surface area (Å²) in [4.78, 5) is 0. The van der Waals surface area contributed by atoms with Crippen molar-refractivity contribution >= 4 is 15.9 Å². The number of rotatable bonds is 1. The van der Waals surface area contributed by atoms with Crippen molar-refractivity contribution in [2.75, 3.05) is 0 Å². The van der Waals surface area contributed by atoms with Crippen LogP contribution in [0.4, 0.5) is 8.78 Å². The van der Waals surface area contributed by atoms with Crippen LogP contribution in [0.25, 0.3) is 11.1 Å². The maximum Gasteiger partial charge on any atom is 0.166 e. The molecule has 0 radical (unpaired) electrons. The predicted octanol–water partition coefficient (Wildman–Crippen LogP) is 4.39. The van der Waals surface area contributed by atoms with Crippen LogP contribution in [0.15, 0.2) is 46.9 Å². The zero-order valence-electron chi connectivity index (χ0n) is 7.68. The van der Waals surface area contributed by atoms with Gasteiger partial charge in [-0.25, -0.2) is 8.78 Å². The van der Waals surface area contributed by atoms with Crippen molar-refractivity contribution in [2.45, 2.75) is 0 Å². The Bertz CT molecular complexity index is 495. The third-order valence-electron chi connectivity index (χ3n) is 2.12. The highest BCUT2D eigenvalue weighted by Crippen LogP contribution is 2.30. The van der Waals surface area contributed by atoms with Crippen LogP contribution in [0.1, 0.15) is 0 Å². The van der Waals surface area contributed by atoms with Crippen LogP contribution in [0, 0.1) is 11.6 Å². The fourth-order valence-corrected chi connectivity index (χ4v) is 1.89. The SMILES string of the molecule is Fc1cccc(-c2ccccc2Br)c1F. The van der Waals surface area contributed by atoms with Gasteiger partial charge in [-0.1, -0.05) is 46.3 Å². The van der Waals surface area contributed by atoms with E-state index in [0.717, 1.165) is 10.5 Å². The first-order valence-corrected chi connectivity index (χ1v) is 5.18. The summed E-state index contributed by atoms with van der Waals surface area (Å²) in [7, 11) is 0. The van der Waals surface area contributed by atoms with Crippen molar-refractivity contribution in [3.63, 3.8) is 0 Å². The van der Waals surface area contributed by atoms with Crippen LogP contribution in [-0.2, 0) is 0 Å². The minimum absolute atomic E-state index is 0.266. The van der Waals surface area contributed by atoms with E-state index < -0.39 is 11.6 Å². The molecule has 0 amide bonds. The molecule has 0 saturated carbocycles. The summed E-state index contributed by atoms with van der Waals surface area (Å²) < 4.78 is 27.2. The topological polar surface area (TPSA) is 0 Å². The number of hydrogen-bond donors (Lipinski definition) is 0. The first-order chi connectivity index (χ1) is 7.20. The monoisotopic (exact) mass is 268 g/mol. The molecule has 0 unspecified atom stereocenters. The van der Waals surface area contributed by atoms with Gasteiger partial charge in [0.05, 0.1) is 0 Å². The molecule has 2 aromatic rings. The summed E-state index contributed by atoms with van der Waals surface area (Å²) in [6, 6.07) is 11.3. The van der Waals surface area contributed by atoms with Crippen LogP contribution in [0.3, 0.4) is 0 Å². The molecular weight excluding hydrogens is 262 g/mol. The van der Waals surface area contributed by atoms with Crippen molar-refractivity contribution in [1.29, 1.82) is 0 Å². The molecular formula is C12H7BrF2. The van der Waals surface area contributed by atoms with Crippen molar-refractivity contribution in [2.24, 2.45) is 0 Å². The molecule has 0 aromatic heterocycles. The molecule has 0 atom stereocenters. The minimum atomic E-state index is -0.830. The van der Waals surface area contributed by atoms with Crippen molar-refractivity contribution in [3.8, 4) is 11.1 Å². The molecule has 0 heterocycles. The highest BCUT2D eigenvalue weighted by atomic mass is 79.9. The van der Waals surface area contributed by atoms with E-state index in [9.17, 15) is 8.78 Å². The molecule has 0 fully saturated rings. The summed E-state index contributed by atoms with van der Waals surface area (Å²) in [6.07, 6.45) is 0. The summed E-state index contributed by atoms with van der Waals surface area (Å²) in [5.41, 5.74) is 0.914. The van der Waals surface area contributed by atoms with E-state index in [0.29, 0.717) is 5.56 Å². The van der Waals surface area contributed by atoms with Crippen molar-refractivity contribution < 1.29 is 8.78 Å². The average Bonchev–Trinajstić information content (AvgIpc) is 2.23. The second-order valence-corrected chi connectivity index (χ2v) is 3.94. The molecule has 0 saturated heterocycles. The minimum Gasteiger partial charge on any atom is -0.204 e. The van der Waals surface area contributed by atoms with E-state index in [4.69, 9.17) is 0 Å². The zero-order valence-corrected chi connectivity index (χ0v) is 9.26. The van der Waals surface area contributed by atoms with Crippen molar-refractivity contribution in [3.05, 3.63) is 58.6 Å². The number of halogens is 3. The van der Waals surface area contributed by atoms with Gasteiger partial charge >= 0.3 is 0 Å². The van der Waals surface area contributed by atoms with E-state index in [-0.39, 0.29) is 5.56 Å². The zero-order chi connectivity index (χ0) is 10.8. The Balaban J connectivity index is 2.65. The molecule has 0 aliphatic rings. The molecule has 2 aromatic carbocycles. The lowest BCUT2D eigenvalue weighted by molar-refractivity contribution is 0.511. The second kappa shape index (κ2) is 4.11. The Labute approximate surface area is 94.7 Å². The molecule has 0 N–H and O–H groups in total. The van der Waals surface area contributed by atoms with E-state index >= 15 is 0 Å². The number of benzene rings is 2. The molecule has 0 aliphatic carbocycles. The highest BCUT2D eigenvalue weighted by Gasteiger charge is 2.11. The largest absolute Gasteiger partial charge is 0.204 e. The average molecular weight is 269 g/mol. The molecule has 0 nitrogen and oxygen atoms in total. The van der Waals surface area contributed by atoms with Crippen LogP contribution in [-0.4, -0.2) is 0 Å². The Morgan fingerprint density at radius 2 is 1.47 bits per heavy atom. The first kappa shape index (κ1) is 10.3.